The van der Waals surface area contributed by atoms with Gasteiger partial charge in [0.25, 0.3) is 5.91 Å². The van der Waals surface area contributed by atoms with Crippen LogP contribution in [0.3, 0.4) is 0 Å². The molecule has 0 saturated heterocycles. The molecule has 0 aliphatic carbocycles. The SMILES string of the molecule is COc1cccc(CNC(=O)c2ccc3nc(C)c(C)nc3c2)c1. The smallest absolute Gasteiger partial charge is 0.251 e. The van der Waals surface area contributed by atoms with Crippen LogP contribution >= 0.6 is 0 Å². The lowest BCUT2D eigenvalue weighted by molar-refractivity contribution is 0.0951. The van der Waals surface area contributed by atoms with Crippen molar-refractivity contribution in [2.24, 2.45) is 0 Å². The molecule has 0 fully saturated rings. The molecule has 1 heterocycles. The van der Waals surface area contributed by atoms with Gasteiger partial charge in [-0.1, -0.05) is 12.1 Å². The molecule has 1 N–H and O–H groups in total. The maximum atomic E-state index is 12.4. The maximum Gasteiger partial charge on any atom is 0.251 e. The van der Waals surface area contributed by atoms with Crippen molar-refractivity contribution < 1.29 is 9.53 Å². The van der Waals surface area contributed by atoms with Crippen molar-refractivity contribution in [2.45, 2.75) is 20.4 Å². The zero-order valence-corrected chi connectivity index (χ0v) is 14.0. The molecule has 0 saturated carbocycles. The molecule has 0 atom stereocenters. The number of hydrogen-bond acceptors (Lipinski definition) is 4. The fourth-order valence-electron chi connectivity index (χ4n) is 2.44. The number of aryl methyl sites for hydroxylation is 2. The van der Waals surface area contributed by atoms with Crippen molar-refractivity contribution in [3.05, 3.63) is 65.0 Å². The van der Waals surface area contributed by atoms with Gasteiger partial charge in [-0.3, -0.25) is 4.79 Å². The molecule has 0 aliphatic heterocycles. The highest BCUT2D eigenvalue weighted by Gasteiger charge is 2.09. The Balaban J connectivity index is 1.77. The lowest BCUT2D eigenvalue weighted by Gasteiger charge is -2.08. The molecule has 3 rings (SSSR count). The third kappa shape index (κ3) is 3.35. The standard InChI is InChI=1S/C19H19N3O2/c1-12-13(2)22-18-10-15(7-8-17(18)21-12)19(23)20-11-14-5-4-6-16(9-14)24-3/h4-10H,11H2,1-3H3,(H,20,23). The van der Waals surface area contributed by atoms with Crippen molar-refractivity contribution in [3.8, 4) is 5.75 Å². The summed E-state index contributed by atoms with van der Waals surface area (Å²) in [7, 11) is 1.62. The Kier molecular flexibility index (Phi) is 4.42. The van der Waals surface area contributed by atoms with Crippen LogP contribution in [0.15, 0.2) is 42.5 Å². The third-order valence-electron chi connectivity index (χ3n) is 3.92. The summed E-state index contributed by atoms with van der Waals surface area (Å²) in [6.07, 6.45) is 0. The second-order valence-corrected chi connectivity index (χ2v) is 5.63. The van der Waals surface area contributed by atoms with Gasteiger partial charge in [-0.15, -0.1) is 0 Å². The largest absolute Gasteiger partial charge is 0.497 e. The van der Waals surface area contributed by atoms with E-state index in [0.29, 0.717) is 12.1 Å². The van der Waals surface area contributed by atoms with Crippen LogP contribution in [0.2, 0.25) is 0 Å². The summed E-state index contributed by atoms with van der Waals surface area (Å²) in [6.45, 7) is 4.28. The number of nitrogens with one attached hydrogen (secondary N) is 1. The van der Waals surface area contributed by atoms with Gasteiger partial charge in [-0.05, 0) is 49.7 Å². The molecule has 24 heavy (non-hydrogen) atoms. The topological polar surface area (TPSA) is 64.1 Å². The highest BCUT2D eigenvalue weighted by Crippen LogP contribution is 2.15. The van der Waals surface area contributed by atoms with Gasteiger partial charge in [0.15, 0.2) is 0 Å². The highest BCUT2D eigenvalue weighted by molar-refractivity contribution is 5.97. The molecule has 3 aromatic rings. The van der Waals surface area contributed by atoms with Crippen LogP contribution in [0.4, 0.5) is 0 Å². The monoisotopic (exact) mass is 321 g/mol. The number of rotatable bonds is 4. The Morgan fingerprint density at radius 2 is 1.79 bits per heavy atom. The molecule has 0 aliphatic rings. The van der Waals surface area contributed by atoms with E-state index in [9.17, 15) is 4.79 Å². The Labute approximate surface area is 140 Å². The molecule has 1 aromatic heterocycles. The Morgan fingerprint density at radius 1 is 1.04 bits per heavy atom. The van der Waals surface area contributed by atoms with Crippen molar-refractivity contribution >= 4 is 16.9 Å². The first-order valence-corrected chi connectivity index (χ1v) is 7.73. The fraction of sp³-hybridized carbons (Fsp3) is 0.211. The Bertz CT molecular complexity index is 906. The number of aromatic nitrogens is 2. The van der Waals surface area contributed by atoms with Gasteiger partial charge in [0.05, 0.1) is 29.5 Å². The molecule has 0 bridgehead atoms. The van der Waals surface area contributed by atoms with Crippen LogP contribution in [0.5, 0.6) is 5.75 Å². The Morgan fingerprint density at radius 3 is 2.54 bits per heavy atom. The van der Waals surface area contributed by atoms with Crippen LogP contribution in [-0.2, 0) is 6.54 Å². The van der Waals surface area contributed by atoms with Crippen LogP contribution in [-0.4, -0.2) is 23.0 Å². The van der Waals surface area contributed by atoms with Crippen LogP contribution in [0, 0.1) is 13.8 Å². The van der Waals surface area contributed by atoms with E-state index in [2.05, 4.69) is 15.3 Å². The van der Waals surface area contributed by atoms with Gasteiger partial charge in [0, 0.05) is 12.1 Å². The molecule has 2 aromatic carbocycles. The quantitative estimate of drug-likeness (QED) is 0.801. The Hall–Kier alpha value is -2.95. The average molecular weight is 321 g/mol. The summed E-state index contributed by atoms with van der Waals surface area (Å²) in [4.78, 5) is 21.4. The number of methoxy groups -OCH3 is 1. The van der Waals surface area contributed by atoms with E-state index in [1.807, 2.05) is 44.2 Å². The van der Waals surface area contributed by atoms with Crippen LogP contribution < -0.4 is 10.1 Å². The van der Waals surface area contributed by atoms with E-state index in [0.717, 1.165) is 33.7 Å². The molecule has 0 unspecified atom stereocenters. The first kappa shape index (κ1) is 15.9. The second-order valence-electron chi connectivity index (χ2n) is 5.63. The third-order valence-corrected chi connectivity index (χ3v) is 3.92. The minimum atomic E-state index is -0.139. The van der Waals surface area contributed by atoms with Crippen molar-refractivity contribution in [1.29, 1.82) is 0 Å². The summed E-state index contributed by atoms with van der Waals surface area (Å²) >= 11 is 0. The first-order valence-electron chi connectivity index (χ1n) is 7.73. The number of ether oxygens (including phenoxy) is 1. The predicted molar refractivity (Wildman–Crippen MR) is 93.2 cm³/mol. The summed E-state index contributed by atoms with van der Waals surface area (Å²) in [5, 5.41) is 2.91. The molecular formula is C19H19N3O2. The van der Waals surface area contributed by atoms with Crippen LogP contribution in [0.25, 0.3) is 11.0 Å². The van der Waals surface area contributed by atoms with Crippen LogP contribution in [0.1, 0.15) is 27.3 Å². The summed E-state index contributed by atoms with van der Waals surface area (Å²) in [5.41, 5.74) is 4.85. The lowest BCUT2D eigenvalue weighted by Crippen LogP contribution is -2.22. The molecule has 5 nitrogen and oxygen atoms in total. The lowest BCUT2D eigenvalue weighted by atomic mass is 10.1. The molecular weight excluding hydrogens is 302 g/mol. The van der Waals surface area contributed by atoms with Gasteiger partial charge >= 0.3 is 0 Å². The number of hydrogen-bond donors (Lipinski definition) is 1. The van der Waals surface area contributed by atoms with Crippen molar-refractivity contribution in [3.63, 3.8) is 0 Å². The zero-order valence-electron chi connectivity index (χ0n) is 14.0. The van der Waals surface area contributed by atoms with Gasteiger partial charge in [-0.25, -0.2) is 9.97 Å². The molecule has 122 valence electrons. The number of fused-ring (bicyclic) bond motifs is 1. The second kappa shape index (κ2) is 6.66. The van der Waals surface area contributed by atoms with Gasteiger partial charge < -0.3 is 10.1 Å². The summed E-state index contributed by atoms with van der Waals surface area (Å²) < 4.78 is 5.19. The van der Waals surface area contributed by atoms with E-state index < -0.39 is 0 Å². The van der Waals surface area contributed by atoms with E-state index in [1.54, 1.807) is 19.2 Å². The minimum Gasteiger partial charge on any atom is -0.497 e. The molecule has 5 heteroatoms. The highest BCUT2D eigenvalue weighted by atomic mass is 16.5. The van der Waals surface area contributed by atoms with Crippen molar-refractivity contribution in [1.82, 2.24) is 15.3 Å². The van der Waals surface area contributed by atoms with E-state index >= 15 is 0 Å². The predicted octanol–water partition coefficient (Wildman–Crippen LogP) is 3.19. The molecule has 0 spiro atoms. The average Bonchev–Trinajstić information content (AvgIpc) is 2.60. The molecule has 1 amide bonds. The van der Waals surface area contributed by atoms with Gasteiger partial charge in [0.1, 0.15) is 5.75 Å². The van der Waals surface area contributed by atoms with Gasteiger partial charge in [-0.2, -0.15) is 0 Å². The maximum absolute atomic E-state index is 12.4. The van der Waals surface area contributed by atoms with E-state index in [1.165, 1.54) is 0 Å². The number of carbonyl (C=O) groups is 1. The molecule has 0 radical (unpaired) electrons. The number of amides is 1. The van der Waals surface area contributed by atoms with E-state index in [-0.39, 0.29) is 5.91 Å². The first-order chi connectivity index (χ1) is 11.6. The summed E-state index contributed by atoms with van der Waals surface area (Å²) in [5.74, 6) is 0.633. The van der Waals surface area contributed by atoms with Gasteiger partial charge in [0.2, 0.25) is 0 Å². The van der Waals surface area contributed by atoms with E-state index in [4.69, 9.17) is 4.74 Å². The zero-order chi connectivity index (χ0) is 17.1. The minimum absolute atomic E-state index is 0.139. The number of carbonyl (C=O) groups excluding carboxylic acids is 1. The normalized spacial score (nSPS) is 10.6. The number of nitrogens with zero attached hydrogens (tertiary/aromatic N) is 2. The van der Waals surface area contributed by atoms with Crippen molar-refractivity contribution in [2.75, 3.05) is 7.11 Å². The summed E-state index contributed by atoms with van der Waals surface area (Å²) in [6, 6.07) is 13.0. The number of benzene rings is 2. The fourth-order valence-corrected chi connectivity index (χ4v) is 2.44.